The van der Waals surface area contributed by atoms with Crippen LogP contribution in [0.25, 0.3) is 10.2 Å². The number of hydrogen-bond donors (Lipinski definition) is 0. The van der Waals surface area contributed by atoms with Crippen molar-refractivity contribution < 1.29 is 22.7 Å². The highest BCUT2D eigenvalue weighted by Crippen LogP contribution is 2.36. The Labute approximate surface area is 210 Å². The summed E-state index contributed by atoms with van der Waals surface area (Å²) < 4.78 is 36.1. The molecule has 34 heavy (non-hydrogen) atoms. The topological polar surface area (TPSA) is 89.0 Å². The summed E-state index contributed by atoms with van der Waals surface area (Å²) in [5.74, 6) is 0.504. The zero-order valence-corrected chi connectivity index (χ0v) is 22.3. The summed E-state index contributed by atoms with van der Waals surface area (Å²) in [5, 5.41) is 0.433. The highest BCUT2D eigenvalue weighted by Gasteiger charge is 2.27. The number of rotatable bonds is 10. The van der Waals surface area contributed by atoms with Crippen molar-refractivity contribution in [3.63, 3.8) is 0 Å². The fourth-order valence-electron chi connectivity index (χ4n) is 3.59. The van der Waals surface area contributed by atoms with E-state index in [1.807, 2.05) is 6.07 Å². The van der Waals surface area contributed by atoms with Crippen LogP contribution in [0.4, 0.5) is 5.13 Å². The predicted molar refractivity (Wildman–Crippen MR) is 139 cm³/mol. The minimum absolute atomic E-state index is 0. The first-order valence-corrected chi connectivity index (χ1v) is 13.3. The number of aromatic nitrogens is 1. The highest BCUT2D eigenvalue weighted by atomic mass is 35.5. The second-order valence-corrected chi connectivity index (χ2v) is 10.4. The van der Waals surface area contributed by atoms with Gasteiger partial charge in [0.25, 0.3) is 5.91 Å². The van der Waals surface area contributed by atoms with Gasteiger partial charge in [0.1, 0.15) is 5.52 Å². The number of nitrogens with zero attached hydrogens (tertiary/aromatic N) is 3. The lowest BCUT2D eigenvalue weighted by molar-refractivity contribution is 0.0980. The minimum Gasteiger partial charge on any atom is -0.493 e. The van der Waals surface area contributed by atoms with Crippen molar-refractivity contribution in [2.45, 2.75) is 18.7 Å². The number of ether oxygens (including phenoxy) is 2. The van der Waals surface area contributed by atoms with Crippen molar-refractivity contribution in [2.24, 2.45) is 0 Å². The SMILES string of the molecule is CCN(CC)CCN(C(=O)c1cccc(OC)c1OC)c1nc2c(S(C)(=O)=O)cccc2s1.Cl. The van der Waals surface area contributed by atoms with E-state index >= 15 is 0 Å². The number of carbonyl (C=O) groups is 1. The minimum atomic E-state index is -3.47. The van der Waals surface area contributed by atoms with Crippen LogP contribution in [0.3, 0.4) is 0 Å². The van der Waals surface area contributed by atoms with Gasteiger partial charge in [-0.1, -0.05) is 37.3 Å². The van der Waals surface area contributed by atoms with E-state index in [0.29, 0.717) is 45.5 Å². The Morgan fingerprint density at radius 2 is 1.71 bits per heavy atom. The lowest BCUT2D eigenvalue weighted by Crippen LogP contribution is -2.39. The lowest BCUT2D eigenvalue weighted by atomic mass is 10.1. The molecule has 0 saturated carbocycles. The predicted octanol–water partition coefficient (Wildman–Crippen LogP) is 4.13. The van der Waals surface area contributed by atoms with Gasteiger partial charge in [-0.05, 0) is 37.4 Å². The van der Waals surface area contributed by atoms with E-state index in [2.05, 4.69) is 23.7 Å². The maximum atomic E-state index is 13.8. The molecule has 0 aliphatic carbocycles. The van der Waals surface area contributed by atoms with Crippen LogP contribution in [0.5, 0.6) is 11.5 Å². The monoisotopic (exact) mass is 527 g/mol. The van der Waals surface area contributed by atoms with Crippen molar-refractivity contribution in [1.82, 2.24) is 9.88 Å². The van der Waals surface area contributed by atoms with E-state index < -0.39 is 9.84 Å². The summed E-state index contributed by atoms with van der Waals surface area (Å²) in [4.78, 5) is 22.3. The Hall–Kier alpha value is -2.40. The summed E-state index contributed by atoms with van der Waals surface area (Å²) in [6.45, 7) is 6.85. The van der Waals surface area contributed by atoms with E-state index in [1.54, 1.807) is 29.2 Å². The molecule has 0 atom stereocenters. The Balaban J connectivity index is 0.00000408. The third-order valence-corrected chi connectivity index (χ3v) is 7.59. The van der Waals surface area contributed by atoms with Crippen LogP contribution in [0, 0.1) is 0 Å². The molecule has 0 aliphatic rings. The second kappa shape index (κ2) is 11.8. The summed E-state index contributed by atoms with van der Waals surface area (Å²) >= 11 is 1.29. The smallest absolute Gasteiger partial charge is 0.264 e. The number of fused-ring (bicyclic) bond motifs is 1. The summed E-state index contributed by atoms with van der Waals surface area (Å²) in [6.07, 6.45) is 1.16. The highest BCUT2D eigenvalue weighted by molar-refractivity contribution is 7.91. The molecule has 0 unspecified atom stereocenters. The van der Waals surface area contributed by atoms with Gasteiger partial charge in [-0.3, -0.25) is 9.69 Å². The van der Waals surface area contributed by atoms with Gasteiger partial charge in [-0.2, -0.15) is 0 Å². The first-order valence-electron chi connectivity index (χ1n) is 10.6. The fraction of sp³-hybridized carbons (Fsp3) is 0.391. The molecule has 0 N–H and O–H groups in total. The number of sulfone groups is 1. The number of benzene rings is 2. The normalized spacial score (nSPS) is 11.4. The summed E-state index contributed by atoms with van der Waals surface area (Å²) in [5.41, 5.74) is 0.720. The molecule has 0 radical (unpaired) electrons. The number of methoxy groups -OCH3 is 2. The first kappa shape index (κ1) is 27.8. The van der Waals surface area contributed by atoms with Crippen LogP contribution in [0.1, 0.15) is 24.2 Å². The van der Waals surface area contributed by atoms with Gasteiger partial charge < -0.3 is 14.4 Å². The Morgan fingerprint density at radius 1 is 1.03 bits per heavy atom. The summed E-state index contributed by atoms with van der Waals surface area (Å²) in [7, 11) is -0.462. The standard InChI is InChI=1S/C23H29N3O5S2.ClH/c1-6-25(7-2)14-15-26(22(27)16-10-8-11-17(30-3)21(16)31-4)23-24-20-18(32-23)12-9-13-19(20)33(5,28)29;/h8-13H,6-7,14-15H2,1-5H3;1H. The van der Waals surface area contributed by atoms with Gasteiger partial charge in [0.2, 0.25) is 0 Å². The van der Waals surface area contributed by atoms with E-state index in [9.17, 15) is 13.2 Å². The lowest BCUT2D eigenvalue weighted by Gasteiger charge is -2.25. The number of thiazole rings is 1. The zero-order valence-electron chi connectivity index (χ0n) is 19.9. The Kier molecular flexibility index (Phi) is 9.69. The molecule has 2 aromatic carbocycles. The van der Waals surface area contributed by atoms with Gasteiger partial charge in [0.05, 0.1) is 29.4 Å². The Bertz CT molecular complexity index is 1240. The molecule has 8 nitrogen and oxygen atoms in total. The first-order chi connectivity index (χ1) is 15.7. The summed E-state index contributed by atoms with van der Waals surface area (Å²) in [6, 6.07) is 10.2. The van der Waals surface area contributed by atoms with E-state index in [-0.39, 0.29) is 23.2 Å². The van der Waals surface area contributed by atoms with Crippen molar-refractivity contribution in [3.05, 3.63) is 42.0 Å². The molecule has 1 amide bonds. The van der Waals surface area contributed by atoms with Gasteiger partial charge in [0.15, 0.2) is 26.5 Å². The second-order valence-electron chi connectivity index (χ2n) is 7.40. The molecule has 186 valence electrons. The van der Waals surface area contributed by atoms with E-state index in [4.69, 9.17) is 9.47 Å². The molecule has 0 bridgehead atoms. The molecule has 11 heteroatoms. The molecule has 1 aromatic heterocycles. The van der Waals surface area contributed by atoms with Crippen LogP contribution >= 0.6 is 23.7 Å². The molecular formula is C23H30ClN3O5S2. The van der Waals surface area contributed by atoms with Crippen LogP contribution in [0.2, 0.25) is 0 Å². The van der Waals surface area contributed by atoms with E-state index in [0.717, 1.165) is 19.3 Å². The molecule has 3 aromatic rings. The van der Waals surface area contributed by atoms with Gasteiger partial charge >= 0.3 is 0 Å². The molecular weight excluding hydrogens is 498 g/mol. The van der Waals surface area contributed by atoms with E-state index in [1.165, 1.54) is 31.6 Å². The number of likely N-dealkylation sites (N-methyl/N-ethyl adjacent to an activating group) is 1. The van der Waals surface area contributed by atoms with Gasteiger partial charge in [0, 0.05) is 19.3 Å². The maximum absolute atomic E-state index is 13.8. The van der Waals surface area contributed by atoms with Gasteiger partial charge in [-0.25, -0.2) is 13.4 Å². The van der Waals surface area contributed by atoms with Crippen LogP contribution in [0.15, 0.2) is 41.3 Å². The average molecular weight is 528 g/mol. The number of halogens is 1. The van der Waals surface area contributed by atoms with Gasteiger partial charge in [-0.15, -0.1) is 12.4 Å². The third kappa shape index (κ3) is 5.80. The largest absolute Gasteiger partial charge is 0.493 e. The molecule has 0 fully saturated rings. The molecule has 0 spiro atoms. The fourth-order valence-corrected chi connectivity index (χ4v) is 5.51. The van der Waals surface area contributed by atoms with Crippen LogP contribution in [-0.2, 0) is 9.84 Å². The number of hydrogen-bond acceptors (Lipinski definition) is 8. The molecule has 0 saturated heterocycles. The molecule has 3 rings (SSSR count). The number of carbonyl (C=O) groups excluding carboxylic acids is 1. The number of para-hydroxylation sites is 2. The van der Waals surface area contributed by atoms with Crippen molar-refractivity contribution >= 4 is 54.8 Å². The van der Waals surface area contributed by atoms with Crippen LogP contribution in [-0.4, -0.2) is 70.9 Å². The Morgan fingerprint density at radius 3 is 2.29 bits per heavy atom. The van der Waals surface area contributed by atoms with Crippen molar-refractivity contribution in [3.8, 4) is 11.5 Å². The average Bonchev–Trinajstić information content (AvgIpc) is 3.24. The zero-order chi connectivity index (χ0) is 24.2. The quantitative estimate of drug-likeness (QED) is 0.391. The van der Waals surface area contributed by atoms with Crippen molar-refractivity contribution in [2.75, 3.05) is 51.6 Å². The molecule has 0 aliphatic heterocycles. The number of anilines is 1. The third-order valence-electron chi connectivity index (χ3n) is 5.41. The number of amides is 1. The molecule has 1 heterocycles. The van der Waals surface area contributed by atoms with Crippen LogP contribution < -0.4 is 14.4 Å². The maximum Gasteiger partial charge on any atom is 0.264 e. The van der Waals surface area contributed by atoms with Crippen molar-refractivity contribution in [1.29, 1.82) is 0 Å².